The first-order chi connectivity index (χ1) is 6.97. The Hall–Kier alpha value is -1.58. The number of rotatable bonds is 2. The average Bonchev–Trinajstić information content (AvgIpc) is 2.91. The van der Waals surface area contributed by atoms with Gasteiger partial charge in [-0.2, -0.15) is 0 Å². The first kappa shape index (κ1) is 9.96. The number of benzene rings is 1. The second kappa shape index (κ2) is 2.95. The summed E-state index contributed by atoms with van der Waals surface area (Å²) in [6, 6.07) is 2.78. The maximum absolute atomic E-state index is 13.6. The van der Waals surface area contributed by atoms with Crippen LogP contribution in [0.5, 0.6) is 5.75 Å². The summed E-state index contributed by atoms with van der Waals surface area (Å²) in [5.41, 5.74) is -0.336. The number of carbonyl (C=O) groups is 1. The van der Waals surface area contributed by atoms with E-state index in [2.05, 4.69) is 0 Å². The smallest absolute Gasteiger partial charge is 0.314 e. The number of aryl methyl sites for hydroxylation is 1. The van der Waals surface area contributed by atoms with Crippen LogP contribution < -0.4 is 0 Å². The highest BCUT2D eigenvalue weighted by atomic mass is 19.1. The molecule has 2 rings (SSSR count). The lowest BCUT2D eigenvalue weighted by Crippen LogP contribution is -2.21. The normalized spacial score (nSPS) is 17.5. The average molecular weight is 210 g/mol. The fourth-order valence-electron chi connectivity index (χ4n) is 1.82. The zero-order chi connectivity index (χ0) is 11.2. The van der Waals surface area contributed by atoms with Crippen molar-refractivity contribution in [3.05, 3.63) is 29.1 Å². The third-order valence-electron chi connectivity index (χ3n) is 2.87. The summed E-state index contributed by atoms with van der Waals surface area (Å²) in [7, 11) is 0. The van der Waals surface area contributed by atoms with Gasteiger partial charge in [-0.25, -0.2) is 4.39 Å². The van der Waals surface area contributed by atoms with E-state index >= 15 is 0 Å². The van der Waals surface area contributed by atoms with E-state index in [0.29, 0.717) is 18.4 Å². The highest BCUT2D eigenvalue weighted by Crippen LogP contribution is 2.50. The number of halogens is 1. The van der Waals surface area contributed by atoms with Crippen molar-refractivity contribution in [1.82, 2.24) is 0 Å². The van der Waals surface area contributed by atoms with Crippen LogP contribution >= 0.6 is 0 Å². The van der Waals surface area contributed by atoms with E-state index in [1.807, 2.05) is 0 Å². The van der Waals surface area contributed by atoms with Gasteiger partial charge in [0.1, 0.15) is 0 Å². The van der Waals surface area contributed by atoms with Gasteiger partial charge in [0.2, 0.25) is 0 Å². The van der Waals surface area contributed by atoms with E-state index in [9.17, 15) is 14.3 Å². The summed E-state index contributed by atoms with van der Waals surface area (Å²) in [6.07, 6.45) is 0.865. The first-order valence-electron chi connectivity index (χ1n) is 4.70. The Morgan fingerprint density at radius 3 is 2.53 bits per heavy atom. The summed E-state index contributed by atoms with van der Waals surface area (Å²) in [4.78, 5) is 11.0. The molecule has 1 aliphatic carbocycles. The third-order valence-corrected chi connectivity index (χ3v) is 2.87. The van der Waals surface area contributed by atoms with E-state index in [1.165, 1.54) is 12.1 Å². The Labute approximate surface area is 86.2 Å². The molecule has 0 aromatic heterocycles. The molecular formula is C11H11FO3. The number of phenolic OH excluding ortho intramolecular Hbond substituents is 1. The zero-order valence-electron chi connectivity index (χ0n) is 8.25. The molecule has 1 saturated carbocycles. The van der Waals surface area contributed by atoms with Gasteiger partial charge in [0.25, 0.3) is 0 Å². The highest BCUT2D eigenvalue weighted by molar-refractivity contribution is 5.85. The zero-order valence-corrected chi connectivity index (χ0v) is 8.25. The van der Waals surface area contributed by atoms with Gasteiger partial charge in [-0.05, 0) is 31.4 Å². The molecule has 1 fully saturated rings. The molecule has 1 aromatic rings. The lowest BCUT2D eigenvalue weighted by molar-refractivity contribution is -0.140. The number of carboxylic acids is 1. The van der Waals surface area contributed by atoms with Crippen molar-refractivity contribution < 1.29 is 19.4 Å². The van der Waals surface area contributed by atoms with Gasteiger partial charge in [0.05, 0.1) is 5.41 Å². The van der Waals surface area contributed by atoms with Crippen LogP contribution in [0.15, 0.2) is 12.1 Å². The number of aromatic hydroxyl groups is 1. The van der Waals surface area contributed by atoms with Crippen molar-refractivity contribution in [2.45, 2.75) is 25.2 Å². The molecule has 0 radical (unpaired) electrons. The Morgan fingerprint density at radius 1 is 1.47 bits per heavy atom. The standard InChI is InChI=1S/C11H11FO3/c1-6-4-7(9(12)8(13)5-6)11(2-3-11)10(14)15/h4-5,13H,2-3H2,1H3,(H,14,15). The van der Waals surface area contributed by atoms with Crippen LogP contribution in [0.25, 0.3) is 0 Å². The SMILES string of the molecule is Cc1cc(O)c(F)c(C2(C(=O)O)CC2)c1. The van der Waals surface area contributed by atoms with Crippen molar-refractivity contribution in [3.8, 4) is 5.75 Å². The Morgan fingerprint density at radius 2 is 2.07 bits per heavy atom. The molecule has 80 valence electrons. The summed E-state index contributed by atoms with van der Waals surface area (Å²) in [5.74, 6) is -2.30. The summed E-state index contributed by atoms with van der Waals surface area (Å²) < 4.78 is 13.6. The van der Waals surface area contributed by atoms with Crippen molar-refractivity contribution in [3.63, 3.8) is 0 Å². The van der Waals surface area contributed by atoms with E-state index in [4.69, 9.17) is 5.11 Å². The molecule has 2 N–H and O–H groups in total. The molecule has 4 heteroatoms. The Balaban J connectivity index is 2.58. The van der Waals surface area contributed by atoms with Gasteiger partial charge < -0.3 is 10.2 Å². The molecule has 0 aliphatic heterocycles. The molecule has 0 saturated heterocycles. The molecule has 1 aromatic carbocycles. The fraction of sp³-hybridized carbons (Fsp3) is 0.364. The van der Waals surface area contributed by atoms with Gasteiger partial charge in [0.15, 0.2) is 11.6 Å². The minimum atomic E-state index is -1.10. The van der Waals surface area contributed by atoms with Gasteiger partial charge in [-0.15, -0.1) is 0 Å². The van der Waals surface area contributed by atoms with Crippen LogP contribution in [0.4, 0.5) is 4.39 Å². The summed E-state index contributed by atoms with van der Waals surface area (Å²) in [6.45, 7) is 1.70. The second-order valence-electron chi connectivity index (χ2n) is 4.03. The highest BCUT2D eigenvalue weighted by Gasteiger charge is 2.53. The molecule has 0 atom stereocenters. The second-order valence-corrected chi connectivity index (χ2v) is 4.03. The number of aliphatic carboxylic acids is 1. The molecule has 0 heterocycles. The van der Waals surface area contributed by atoms with Crippen LogP contribution in [-0.4, -0.2) is 16.2 Å². The largest absolute Gasteiger partial charge is 0.505 e. The van der Waals surface area contributed by atoms with Crippen LogP contribution in [-0.2, 0) is 10.2 Å². The van der Waals surface area contributed by atoms with Crippen LogP contribution in [0.2, 0.25) is 0 Å². The molecule has 0 spiro atoms. The van der Waals surface area contributed by atoms with Crippen molar-refractivity contribution >= 4 is 5.97 Å². The quantitative estimate of drug-likeness (QED) is 0.784. The van der Waals surface area contributed by atoms with Gasteiger partial charge >= 0.3 is 5.97 Å². The summed E-state index contributed by atoms with van der Waals surface area (Å²) >= 11 is 0. The van der Waals surface area contributed by atoms with Crippen LogP contribution in [0, 0.1) is 12.7 Å². The Bertz CT molecular complexity index is 436. The van der Waals surface area contributed by atoms with Gasteiger partial charge in [-0.1, -0.05) is 6.07 Å². The lowest BCUT2D eigenvalue weighted by atomic mass is 9.93. The Kier molecular flexibility index (Phi) is 1.96. The van der Waals surface area contributed by atoms with E-state index in [-0.39, 0.29) is 5.56 Å². The topological polar surface area (TPSA) is 57.5 Å². The molecule has 0 unspecified atom stereocenters. The van der Waals surface area contributed by atoms with Crippen LogP contribution in [0.3, 0.4) is 0 Å². The maximum atomic E-state index is 13.6. The number of hydrogen-bond acceptors (Lipinski definition) is 2. The number of phenols is 1. The molecular weight excluding hydrogens is 199 g/mol. The monoisotopic (exact) mass is 210 g/mol. The number of hydrogen-bond donors (Lipinski definition) is 2. The molecule has 0 amide bonds. The predicted molar refractivity (Wildman–Crippen MR) is 51.3 cm³/mol. The van der Waals surface area contributed by atoms with Gasteiger partial charge in [-0.3, -0.25) is 4.79 Å². The fourth-order valence-corrected chi connectivity index (χ4v) is 1.82. The lowest BCUT2D eigenvalue weighted by Gasteiger charge is -2.13. The molecule has 3 nitrogen and oxygen atoms in total. The van der Waals surface area contributed by atoms with E-state index in [1.54, 1.807) is 6.92 Å². The van der Waals surface area contributed by atoms with Crippen LogP contribution in [0.1, 0.15) is 24.0 Å². The van der Waals surface area contributed by atoms with Crippen molar-refractivity contribution in [2.75, 3.05) is 0 Å². The van der Waals surface area contributed by atoms with E-state index in [0.717, 1.165) is 0 Å². The molecule has 1 aliphatic rings. The predicted octanol–water partition coefficient (Wildman–Crippen LogP) is 1.96. The molecule has 0 bridgehead atoms. The minimum absolute atomic E-state index is 0.104. The van der Waals surface area contributed by atoms with E-state index < -0.39 is 23.0 Å². The maximum Gasteiger partial charge on any atom is 0.314 e. The van der Waals surface area contributed by atoms with Crippen molar-refractivity contribution in [2.24, 2.45) is 0 Å². The van der Waals surface area contributed by atoms with Crippen molar-refractivity contribution in [1.29, 1.82) is 0 Å². The summed E-state index contributed by atoms with van der Waals surface area (Å²) in [5, 5.41) is 18.3. The minimum Gasteiger partial charge on any atom is -0.505 e. The first-order valence-corrected chi connectivity index (χ1v) is 4.70. The number of carboxylic acid groups (broad SMARTS) is 1. The third kappa shape index (κ3) is 1.37. The molecule has 15 heavy (non-hydrogen) atoms. The van der Waals surface area contributed by atoms with Gasteiger partial charge in [0, 0.05) is 5.56 Å².